The van der Waals surface area contributed by atoms with E-state index in [9.17, 15) is 0 Å². The average Bonchev–Trinajstić information content (AvgIpc) is 2.86. The molecule has 0 aliphatic carbocycles. The summed E-state index contributed by atoms with van der Waals surface area (Å²) >= 11 is 2.02. The first-order valence-electron chi connectivity index (χ1n) is 8.61. The summed E-state index contributed by atoms with van der Waals surface area (Å²) in [6.45, 7) is 3.42. The first-order chi connectivity index (χ1) is 11.9. The first kappa shape index (κ1) is 15.8. The highest BCUT2D eigenvalue weighted by atomic mass is 32.2. The summed E-state index contributed by atoms with van der Waals surface area (Å²) in [6.07, 6.45) is 3.12. The van der Waals surface area contributed by atoms with Crippen molar-refractivity contribution in [3.05, 3.63) is 53.7 Å². The fourth-order valence-electron chi connectivity index (χ4n) is 3.35. The largest absolute Gasteiger partial charge is 0.378 e. The number of benzene rings is 1. The maximum Gasteiger partial charge on any atom is 0.128 e. The maximum atomic E-state index is 5.41. The topological polar surface area (TPSA) is 37.4 Å². The third-order valence-electron chi connectivity index (χ3n) is 4.65. The van der Waals surface area contributed by atoms with E-state index in [1.165, 1.54) is 16.9 Å². The first-order valence-corrected chi connectivity index (χ1v) is 9.76. The van der Waals surface area contributed by atoms with Crippen molar-refractivity contribution in [2.75, 3.05) is 48.0 Å². The van der Waals surface area contributed by atoms with Gasteiger partial charge in [0, 0.05) is 18.8 Å². The van der Waals surface area contributed by atoms with Gasteiger partial charge in [0.25, 0.3) is 0 Å². The number of morpholine rings is 1. The zero-order valence-electron chi connectivity index (χ0n) is 13.8. The monoisotopic (exact) mass is 341 g/mol. The number of ether oxygens (including phenoxy) is 1. The van der Waals surface area contributed by atoms with Crippen molar-refractivity contribution in [2.45, 2.75) is 12.5 Å². The van der Waals surface area contributed by atoms with Gasteiger partial charge < -0.3 is 15.0 Å². The van der Waals surface area contributed by atoms with Gasteiger partial charge in [-0.1, -0.05) is 24.3 Å². The molecule has 0 amide bonds. The Balaban J connectivity index is 1.49. The summed E-state index contributed by atoms with van der Waals surface area (Å²) in [6, 6.07) is 13.4. The van der Waals surface area contributed by atoms with E-state index in [4.69, 9.17) is 4.74 Å². The van der Waals surface area contributed by atoms with Gasteiger partial charge in [0.2, 0.25) is 0 Å². The number of rotatable bonds is 3. The molecule has 3 heterocycles. The summed E-state index contributed by atoms with van der Waals surface area (Å²) in [5.41, 5.74) is 3.99. The Morgan fingerprint density at radius 2 is 2.00 bits per heavy atom. The van der Waals surface area contributed by atoms with Crippen molar-refractivity contribution >= 4 is 23.3 Å². The van der Waals surface area contributed by atoms with Crippen LogP contribution in [0.2, 0.25) is 0 Å². The Kier molecular flexibility index (Phi) is 4.90. The minimum atomic E-state index is 0.352. The maximum absolute atomic E-state index is 5.41. The molecule has 2 aliphatic heterocycles. The second-order valence-corrected chi connectivity index (χ2v) is 7.37. The van der Waals surface area contributed by atoms with Crippen molar-refractivity contribution < 1.29 is 4.74 Å². The molecule has 1 aromatic heterocycles. The lowest BCUT2D eigenvalue weighted by Gasteiger charge is -2.28. The SMILES string of the molecule is c1ccc2c(c1)CCSCC2Nc1ccc(N2CCOCC2)nc1. The van der Waals surface area contributed by atoms with Crippen molar-refractivity contribution in [3.63, 3.8) is 0 Å². The van der Waals surface area contributed by atoms with E-state index in [1.807, 2.05) is 18.0 Å². The van der Waals surface area contributed by atoms with Crippen LogP contribution in [0.1, 0.15) is 17.2 Å². The summed E-state index contributed by atoms with van der Waals surface area (Å²) in [7, 11) is 0. The molecule has 1 saturated heterocycles. The highest BCUT2D eigenvalue weighted by Crippen LogP contribution is 2.30. The molecule has 4 nitrogen and oxygen atoms in total. The lowest BCUT2D eigenvalue weighted by atomic mass is 9.99. The van der Waals surface area contributed by atoms with Gasteiger partial charge in [-0.15, -0.1) is 0 Å². The normalized spacial score (nSPS) is 21.0. The van der Waals surface area contributed by atoms with Crippen LogP contribution in [0.5, 0.6) is 0 Å². The van der Waals surface area contributed by atoms with Crippen LogP contribution >= 0.6 is 11.8 Å². The Morgan fingerprint density at radius 3 is 2.83 bits per heavy atom. The number of hydrogen-bond donors (Lipinski definition) is 1. The summed E-state index contributed by atoms with van der Waals surface area (Å²) in [4.78, 5) is 6.93. The van der Waals surface area contributed by atoms with E-state index in [0.717, 1.165) is 50.0 Å². The number of anilines is 2. The molecule has 1 N–H and O–H groups in total. The number of aromatic nitrogens is 1. The predicted molar refractivity (Wildman–Crippen MR) is 101 cm³/mol. The van der Waals surface area contributed by atoms with Gasteiger partial charge in [-0.25, -0.2) is 4.98 Å². The Morgan fingerprint density at radius 1 is 1.12 bits per heavy atom. The van der Waals surface area contributed by atoms with Crippen molar-refractivity contribution in [3.8, 4) is 0 Å². The second kappa shape index (κ2) is 7.45. The number of hydrogen-bond acceptors (Lipinski definition) is 5. The third-order valence-corrected chi connectivity index (χ3v) is 5.72. The number of fused-ring (bicyclic) bond motifs is 1. The molecule has 24 heavy (non-hydrogen) atoms. The van der Waals surface area contributed by atoms with Crippen LogP contribution in [0.25, 0.3) is 0 Å². The molecule has 1 aromatic carbocycles. The predicted octanol–water partition coefficient (Wildman–Crippen LogP) is 3.36. The summed E-state index contributed by atoms with van der Waals surface area (Å²) in [5, 5.41) is 3.68. The van der Waals surface area contributed by atoms with E-state index in [-0.39, 0.29) is 0 Å². The molecule has 5 heteroatoms. The van der Waals surface area contributed by atoms with E-state index >= 15 is 0 Å². The van der Waals surface area contributed by atoms with Gasteiger partial charge in [-0.2, -0.15) is 11.8 Å². The van der Waals surface area contributed by atoms with Gasteiger partial charge >= 0.3 is 0 Å². The molecule has 1 fully saturated rings. The lowest BCUT2D eigenvalue weighted by Crippen LogP contribution is -2.36. The molecule has 4 rings (SSSR count). The highest BCUT2D eigenvalue weighted by Gasteiger charge is 2.19. The van der Waals surface area contributed by atoms with Gasteiger partial charge in [-0.05, 0) is 35.4 Å². The van der Waals surface area contributed by atoms with Crippen LogP contribution < -0.4 is 10.2 Å². The molecule has 126 valence electrons. The highest BCUT2D eigenvalue weighted by molar-refractivity contribution is 7.99. The van der Waals surface area contributed by atoms with Crippen molar-refractivity contribution in [1.82, 2.24) is 4.98 Å². The standard InChI is InChI=1S/C19H23N3OS/c1-2-4-17-15(3-1)7-12-24-14-18(17)21-16-5-6-19(20-13-16)22-8-10-23-11-9-22/h1-6,13,18,21H,7-12,14H2. The quantitative estimate of drug-likeness (QED) is 0.926. The van der Waals surface area contributed by atoms with Crippen LogP contribution in [0.4, 0.5) is 11.5 Å². The van der Waals surface area contributed by atoms with Gasteiger partial charge in [0.15, 0.2) is 0 Å². The number of aryl methyl sites for hydroxylation is 1. The summed E-state index contributed by atoms with van der Waals surface area (Å²) < 4.78 is 5.41. The molecule has 2 aliphatic rings. The number of nitrogens with zero attached hydrogens (tertiary/aromatic N) is 2. The molecule has 0 bridgehead atoms. The van der Waals surface area contributed by atoms with E-state index in [1.54, 1.807) is 0 Å². The molecule has 0 radical (unpaired) electrons. The molecular weight excluding hydrogens is 318 g/mol. The zero-order chi connectivity index (χ0) is 16.2. The summed E-state index contributed by atoms with van der Waals surface area (Å²) in [5.74, 6) is 3.34. The van der Waals surface area contributed by atoms with E-state index in [0.29, 0.717) is 6.04 Å². The van der Waals surface area contributed by atoms with Gasteiger partial charge in [0.1, 0.15) is 5.82 Å². The van der Waals surface area contributed by atoms with Crippen LogP contribution in [0.15, 0.2) is 42.6 Å². The van der Waals surface area contributed by atoms with E-state index in [2.05, 4.69) is 51.6 Å². The molecular formula is C19H23N3OS. The van der Waals surface area contributed by atoms with Crippen LogP contribution in [-0.4, -0.2) is 42.8 Å². The average molecular weight is 341 g/mol. The fourth-order valence-corrected chi connectivity index (χ4v) is 4.38. The molecule has 0 saturated carbocycles. The number of nitrogens with one attached hydrogen (secondary N) is 1. The smallest absolute Gasteiger partial charge is 0.128 e. The van der Waals surface area contributed by atoms with Crippen molar-refractivity contribution in [1.29, 1.82) is 0 Å². The molecule has 2 aromatic rings. The van der Waals surface area contributed by atoms with Crippen LogP contribution in [-0.2, 0) is 11.2 Å². The van der Waals surface area contributed by atoms with Gasteiger partial charge in [0.05, 0.1) is 31.1 Å². The number of pyridine rings is 1. The Bertz CT molecular complexity index is 671. The van der Waals surface area contributed by atoms with Crippen LogP contribution in [0, 0.1) is 0 Å². The zero-order valence-corrected chi connectivity index (χ0v) is 14.6. The van der Waals surface area contributed by atoms with E-state index < -0.39 is 0 Å². The number of thioether (sulfide) groups is 1. The molecule has 0 spiro atoms. The molecule has 1 unspecified atom stereocenters. The Hall–Kier alpha value is -1.72. The molecule has 1 atom stereocenters. The van der Waals surface area contributed by atoms with Crippen LogP contribution in [0.3, 0.4) is 0 Å². The third kappa shape index (κ3) is 3.52. The van der Waals surface area contributed by atoms with Gasteiger partial charge in [-0.3, -0.25) is 0 Å². The Labute approximate surface area is 147 Å². The minimum Gasteiger partial charge on any atom is -0.378 e. The lowest BCUT2D eigenvalue weighted by molar-refractivity contribution is 0.122. The van der Waals surface area contributed by atoms with Crippen molar-refractivity contribution in [2.24, 2.45) is 0 Å². The fraction of sp³-hybridized carbons (Fsp3) is 0.421. The minimum absolute atomic E-state index is 0.352. The second-order valence-electron chi connectivity index (χ2n) is 6.23.